The molecular weight excluding hydrogens is 202 g/mol. The number of aromatic nitrogens is 2. The molecule has 0 aromatic carbocycles. The highest BCUT2D eigenvalue weighted by atomic mass is 16.1. The highest BCUT2D eigenvalue weighted by Gasteiger charge is 2.14. The van der Waals surface area contributed by atoms with Crippen LogP contribution in [0.2, 0.25) is 0 Å². The van der Waals surface area contributed by atoms with Crippen molar-refractivity contribution in [1.82, 2.24) is 15.1 Å². The first-order valence-electron chi connectivity index (χ1n) is 5.90. The number of nitrogens with zero attached hydrogens (tertiary/aromatic N) is 2. The Morgan fingerprint density at radius 3 is 2.44 bits per heavy atom. The molecule has 1 aromatic heterocycles. The summed E-state index contributed by atoms with van der Waals surface area (Å²) >= 11 is 0. The fraction of sp³-hybridized carbons (Fsp3) is 0.667. The van der Waals surface area contributed by atoms with Crippen LogP contribution in [-0.4, -0.2) is 22.7 Å². The molecule has 0 aliphatic carbocycles. The fourth-order valence-electron chi connectivity index (χ4n) is 1.27. The molecule has 0 fully saturated rings. The molecule has 0 spiro atoms. The second kappa shape index (κ2) is 7.04. The van der Waals surface area contributed by atoms with Gasteiger partial charge in [-0.2, -0.15) is 5.10 Å². The van der Waals surface area contributed by atoms with Gasteiger partial charge in [-0.15, -0.1) is 0 Å². The predicted molar refractivity (Wildman–Crippen MR) is 66.7 cm³/mol. The molecule has 1 rings (SSSR count). The van der Waals surface area contributed by atoms with Crippen molar-refractivity contribution in [3.63, 3.8) is 0 Å². The van der Waals surface area contributed by atoms with Crippen molar-refractivity contribution in [2.75, 3.05) is 7.05 Å². The molecule has 16 heavy (non-hydrogen) atoms. The van der Waals surface area contributed by atoms with E-state index in [0.717, 1.165) is 12.2 Å². The van der Waals surface area contributed by atoms with Gasteiger partial charge in [0.1, 0.15) is 5.69 Å². The van der Waals surface area contributed by atoms with Crippen molar-refractivity contribution < 1.29 is 4.79 Å². The summed E-state index contributed by atoms with van der Waals surface area (Å²) in [7, 11) is 1.63. The van der Waals surface area contributed by atoms with Crippen LogP contribution in [0.5, 0.6) is 0 Å². The Morgan fingerprint density at radius 2 is 2.06 bits per heavy atom. The third kappa shape index (κ3) is 3.36. The standard InChI is InChI=1S/C10H17N3O.C2H6/c1-5-13-9(10(14)11-4)6-8(12-13)7(2)3;1-2/h6-7H,5H2,1-4H3,(H,11,14);1-2H3. The van der Waals surface area contributed by atoms with Crippen molar-refractivity contribution >= 4 is 5.91 Å². The van der Waals surface area contributed by atoms with Crippen LogP contribution in [-0.2, 0) is 6.54 Å². The predicted octanol–water partition coefficient (Wildman–Crippen LogP) is 2.41. The maximum atomic E-state index is 11.5. The molecule has 0 unspecified atom stereocenters. The molecular formula is C12H23N3O. The van der Waals surface area contributed by atoms with Crippen LogP contribution in [0.1, 0.15) is 56.7 Å². The fourth-order valence-corrected chi connectivity index (χ4v) is 1.27. The van der Waals surface area contributed by atoms with E-state index in [2.05, 4.69) is 24.3 Å². The first-order valence-corrected chi connectivity index (χ1v) is 5.90. The summed E-state index contributed by atoms with van der Waals surface area (Å²) in [5.41, 5.74) is 1.60. The Kier molecular flexibility index (Phi) is 6.46. The monoisotopic (exact) mass is 225 g/mol. The van der Waals surface area contributed by atoms with E-state index in [1.165, 1.54) is 0 Å². The first-order chi connectivity index (χ1) is 7.60. The molecule has 0 aliphatic rings. The Morgan fingerprint density at radius 1 is 1.50 bits per heavy atom. The summed E-state index contributed by atoms with van der Waals surface area (Å²) in [4.78, 5) is 11.5. The first kappa shape index (κ1) is 14.7. The van der Waals surface area contributed by atoms with Crippen molar-refractivity contribution in [3.05, 3.63) is 17.5 Å². The van der Waals surface area contributed by atoms with Gasteiger partial charge in [0.05, 0.1) is 5.69 Å². The van der Waals surface area contributed by atoms with Crippen LogP contribution in [0.15, 0.2) is 6.07 Å². The quantitative estimate of drug-likeness (QED) is 0.858. The molecule has 1 heterocycles. The van der Waals surface area contributed by atoms with Crippen molar-refractivity contribution in [2.24, 2.45) is 0 Å². The number of hydrogen-bond acceptors (Lipinski definition) is 2. The number of rotatable bonds is 3. The lowest BCUT2D eigenvalue weighted by Gasteiger charge is -2.01. The maximum absolute atomic E-state index is 11.5. The van der Waals surface area contributed by atoms with Gasteiger partial charge in [-0.05, 0) is 18.9 Å². The van der Waals surface area contributed by atoms with Gasteiger partial charge in [0.25, 0.3) is 5.91 Å². The van der Waals surface area contributed by atoms with E-state index in [0.29, 0.717) is 11.6 Å². The third-order valence-electron chi connectivity index (χ3n) is 2.15. The Bertz CT molecular complexity index is 329. The zero-order chi connectivity index (χ0) is 12.7. The van der Waals surface area contributed by atoms with Gasteiger partial charge in [-0.1, -0.05) is 27.7 Å². The van der Waals surface area contributed by atoms with E-state index in [9.17, 15) is 4.79 Å². The average Bonchev–Trinajstić information content (AvgIpc) is 2.74. The smallest absolute Gasteiger partial charge is 0.269 e. The number of aryl methyl sites for hydroxylation is 1. The molecule has 1 amide bonds. The van der Waals surface area contributed by atoms with E-state index < -0.39 is 0 Å². The minimum absolute atomic E-state index is 0.0775. The number of carbonyl (C=O) groups excluding carboxylic acids is 1. The van der Waals surface area contributed by atoms with Gasteiger partial charge < -0.3 is 5.32 Å². The van der Waals surface area contributed by atoms with Crippen molar-refractivity contribution in [2.45, 2.75) is 47.1 Å². The summed E-state index contributed by atoms with van der Waals surface area (Å²) in [5, 5.41) is 6.96. The number of hydrogen-bond donors (Lipinski definition) is 1. The average molecular weight is 225 g/mol. The normalized spacial score (nSPS) is 9.69. The van der Waals surface area contributed by atoms with E-state index >= 15 is 0 Å². The largest absolute Gasteiger partial charge is 0.354 e. The van der Waals surface area contributed by atoms with Crippen LogP contribution in [0.3, 0.4) is 0 Å². The minimum atomic E-state index is -0.0775. The molecule has 1 N–H and O–H groups in total. The summed E-state index contributed by atoms with van der Waals surface area (Å²) in [5.74, 6) is 0.275. The number of amides is 1. The topological polar surface area (TPSA) is 46.9 Å². The van der Waals surface area contributed by atoms with Gasteiger partial charge in [-0.3, -0.25) is 9.48 Å². The Labute approximate surface area is 98.0 Å². The lowest BCUT2D eigenvalue weighted by molar-refractivity contribution is 0.0952. The molecule has 4 heteroatoms. The van der Waals surface area contributed by atoms with E-state index in [-0.39, 0.29) is 5.91 Å². The lowest BCUT2D eigenvalue weighted by Crippen LogP contribution is -2.21. The zero-order valence-electron chi connectivity index (χ0n) is 11.2. The Hall–Kier alpha value is -1.32. The van der Waals surface area contributed by atoms with Gasteiger partial charge in [0.2, 0.25) is 0 Å². The zero-order valence-corrected chi connectivity index (χ0v) is 11.2. The molecule has 0 radical (unpaired) electrons. The van der Waals surface area contributed by atoms with E-state index in [1.54, 1.807) is 11.7 Å². The van der Waals surface area contributed by atoms with Crippen molar-refractivity contribution in [3.8, 4) is 0 Å². The van der Waals surface area contributed by atoms with Gasteiger partial charge in [0.15, 0.2) is 0 Å². The summed E-state index contributed by atoms with van der Waals surface area (Å²) in [6.45, 7) is 10.8. The van der Waals surface area contributed by atoms with Crippen LogP contribution < -0.4 is 5.32 Å². The Balaban J connectivity index is 0.00000106. The molecule has 92 valence electrons. The highest BCUT2D eigenvalue weighted by Crippen LogP contribution is 2.14. The number of carbonyl (C=O) groups is 1. The molecule has 0 saturated carbocycles. The van der Waals surface area contributed by atoms with Gasteiger partial charge in [0, 0.05) is 13.6 Å². The summed E-state index contributed by atoms with van der Waals surface area (Å²) in [6, 6.07) is 1.85. The SMILES string of the molecule is CC.CCn1nc(C(C)C)cc1C(=O)NC. The van der Waals surface area contributed by atoms with Gasteiger partial charge in [-0.25, -0.2) is 0 Å². The summed E-state index contributed by atoms with van der Waals surface area (Å²) < 4.78 is 1.73. The molecule has 0 aliphatic heterocycles. The third-order valence-corrected chi connectivity index (χ3v) is 2.15. The van der Waals surface area contributed by atoms with Gasteiger partial charge >= 0.3 is 0 Å². The molecule has 4 nitrogen and oxygen atoms in total. The lowest BCUT2D eigenvalue weighted by atomic mass is 10.1. The molecule has 0 atom stereocenters. The van der Waals surface area contributed by atoms with Crippen LogP contribution in [0.4, 0.5) is 0 Å². The van der Waals surface area contributed by atoms with Crippen molar-refractivity contribution in [1.29, 1.82) is 0 Å². The second-order valence-electron chi connectivity index (χ2n) is 3.50. The number of nitrogens with one attached hydrogen (secondary N) is 1. The minimum Gasteiger partial charge on any atom is -0.354 e. The summed E-state index contributed by atoms with van der Waals surface area (Å²) in [6.07, 6.45) is 0. The van der Waals surface area contributed by atoms with Crippen LogP contribution >= 0.6 is 0 Å². The van der Waals surface area contributed by atoms with E-state index in [4.69, 9.17) is 0 Å². The highest BCUT2D eigenvalue weighted by molar-refractivity contribution is 5.92. The second-order valence-corrected chi connectivity index (χ2v) is 3.50. The molecule has 0 bridgehead atoms. The molecule has 0 saturated heterocycles. The maximum Gasteiger partial charge on any atom is 0.269 e. The van der Waals surface area contributed by atoms with E-state index in [1.807, 2.05) is 26.8 Å². The molecule has 1 aromatic rings. The van der Waals surface area contributed by atoms with Crippen LogP contribution in [0, 0.1) is 0 Å². The van der Waals surface area contributed by atoms with Crippen LogP contribution in [0.25, 0.3) is 0 Å².